The zero-order valence-corrected chi connectivity index (χ0v) is 14.5. The molecule has 2 N–H and O–H groups in total. The first kappa shape index (κ1) is 16.4. The Labute approximate surface area is 151 Å². The van der Waals surface area contributed by atoms with Gasteiger partial charge in [0, 0.05) is 18.3 Å². The van der Waals surface area contributed by atoms with Gasteiger partial charge in [-0.25, -0.2) is 0 Å². The fraction of sp³-hybridized carbons (Fsp3) is 0.300. The van der Waals surface area contributed by atoms with Crippen LogP contribution in [-0.4, -0.2) is 18.6 Å². The lowest BCUT2D eigenvalue weighted by Gasteiger charge is -2.16. The van der Waals surface area contributed by atoms with E-state index < -0.39 is 5.41 Å². The fourth-order valence-electron chi connectivity index (χ4n) is 2.96. The summed E-state index contributed by atoms with van der Waals surface area (Å²) in [5.74, 6) is 0.741. The van der Waals surface area contributed by atoms with Crippen LogP contribution < -0.4 is 20.1 Å². The van der Waals surface area contributed by atoms with Crippen molar-refractivity contribution in [3.05, 3.63) is 53.6 Å². The van der Waals surface area contributed by atoms with Crippen LogP contribution in [0, 0.1) is 12.3 Å². The van der Waals surface area contributed by atoms with E-state index in [1.54, 1.807) is 18.2 Å². The van der Waals surface area contributed by atoms with Gasteiger partial charge in [-0.3, -0.25) is 9.59 Å². The third-order valence-corrected chi connectivity index (χ3v) is 4.82. The maximum Gasteiger partial charge on any atom is 0.240 e. The first-order valence-electron chi connectivity index (χ1n) is 8.62. The second-order valence-electron chi connectivity index (χ2n) is 6.77. The average molecular weight is 352 g/mol. The molecule has 2 aliphatic rings. The number of carbonyl (C=O) groups excluding carboxylic acids is 2. The average Bonchev–Trinajstić information content (AvgIpc) is 3.33. The highest BCUT2D eigenvalue weighted by atomic mass is 16.7. The molecule has 0 aromatic heterocycles. The molecule has 4 rings (SSSR count). The Kier molecular flexibility index (Phi) is 4.03. The summed E-state index contributed by atoms with van der Waals surface area (Å²) in [5, 5.41) is 5.71. The predicted molar refractivity (Wildman–Crippen MR) is 95.9 cm³/mol. The fourth-order valence-corrected chi connectivity index (χ4v) is 2.96. The smallest absolute Gasteiger partial charge is 0.240 e. The molecular weight excluding hydrogens is 332 g/mol. The molecule has 0 atom stereocenters. The van der Waals surface area contributed by atoms with E-state index >= 15 is 0 Å². The highest BCUT2D eigenvalue weighted by Gasteiger charge is 2.56. The zero-order chi connectivity index (χ0) is 18.1. The SMILES string of the molecule is Cc1ccc(CNC(=O)C2(C(=O)Nc3ccc4c(c3)OCO4)CC2)cc1. The molecule has 1 saturated carbocycles. The Balaban J connectivity index is 1.38. The van der Waals surface area contributed by atoms with E-state index in [1.807, 2.05) is 31.2 Å². The Morgan fingerprint density at radius 3 is 2.46 bits per heavy atom. The van der Waals surface area contributed by atoms with Crippen LogP contribution >= 0.6 is 0 Å². The summed E-state index contributed by atoms with van der Waals surface area (Å²) in [4.78, 5) is 25.2. The number of nitrogens with one attached hydrogen (secondary N) is 2. The van der Waals surface area contributed by atoms with E-state index in [0.717, 1.165) is 5.56 Å². The van der Waals surface area contributed by atoms with Crippen LogP contribution in [0.3, 0.4) is 0 Å². The van der Waals surface area contributed by atoms with E-state index in [2.05, 4.69) is 10.6 Å². The number of hydrogen-bond donors (Lipinski definition) is 2. The van der Waals surface area contributed by atoms with Gasteiger partial charge >= 0.3 is 0 Å². The van der Waals surface area contributed by atoms with Gasteiger partial charge in [0.1, 0.15) is 5.41 Å². The molecule has 1 aliphatic heterocycles. The van der Waals surface area contributed by atoms with Gasteiger partial charge < -0.3 is 20.1 Å². The maximum atomic E-state index is 12.7. The first-order valence-corrected chi connectivity index (χ1v) is 8.62. The molecule has 0 unspecified atom stereocenters. The van der Waals surface area contributed by atoms with Crippen LogP contribution in [0.2, 0.25) is 0 Å². The lowest BCUT2D eigenvalue weighted by Crippen LogP contribution is -2.39. The topological polar surface area (TPSA) is 76.7 Å². The van der Waals surface area contributed by atoms with Crippen LogP contribution in [0.5, 0.6) is 11.5 Å². The number of carbonyl (C=O) groups is 2. The molecule has 1 fully saturated rings. The van der Waals surface area contributed by atoms with Crippen molar-refractivity contribution < 1.29 is 19.1 Å². The summed E-state index contributed by atoms with van der Waals surface area (Å²) in [6.07, 6.45) is 1.12. The molecule has 0 bridgehead atoms. The van der Waals surface area contributed by atoms with Gasteiger partial charge in [0.2, 0.25) is 18.6 Å². The van der Waals surface area contributed by atoms with Gasteiger partial charge in [0.25, 0.3) is 0 Å². The lowest BCUT2D eigenvalue weighted by atomic mass is 10.0. The van der Waals surface area contributed by atoms with Crippen molar-refractivity contribution in [1.29, 1.82) is 0 Å². The number of benzene rings is 2. The normalized spacial score (nSPS) is 16.0. The molecule has 6 heteroatoms. The second kappa shape index (κ2) is 6.37. The molecule has 1 heterocycles. The van der Waals surface area contributed by atoms with Crippen LogP contribution in [0.1, 0.15) is 24.0 Å². The molecule has 2 aromatic rings. The van der Waals surface area contributed by atoms with E-state index in [-0.39, 0.29) is 18.6 Å². The number of ether oxygens (including phenoxy) is 2. The molecule has 6 nitrogen and oxygen atoms in total. The monoisotopic (exact) mass is 352 g/mol. The molecule has 0 spiro atoms. The Hall–Kier alpha value is -3.02. The summed E-state index contributed by atoms with van der Waals surface area (Å²) >= 11 is 0. The van der Waals surface area contributed by atoms with Gasteiger partial charge in [-0.1, -0.05) is 29.8 Å². The van der Waals surface area contributed by atoms with Gasteiger partial charge in [0.05, 0.1) is 0 Å². The Bertz CT molecular complexity index is 857. The molecule has 1 aliphatic carbocycles. The number of rotatable bonds is 5. The molecule has 2 amide bonds. The van der Waals surface area contributed by atoms with Crippen molar-refractivity contribution in [2.24, 2.45) is 5.41 Å². The quantitative estimate of drug-likeness (QED) is 0.811. The minimum absolute atomic E-state index is 0.179. The molecule has 26 heavy (non-hydrogen) atoms. The number of anilines is 1. The zero-order valence-electron chi connectivity index (χ0n) is 14.5. The van der Waals surface area contributed by atoms with Crippen molar-refractivity contribution in [3.8, 4) is 11.5 Å². The second-order valence-corrected chi connectivity index (χ2v) is 6.77. The van der Waals surface area contributed by atoms with E-state index in [9.17, 15) is 9.59 Å². The summed E-state index contributed by atoms with van der Waals surface area (Å²) in [5.41, 5.74) is 1.80. The standard InChI is InChI=1S/C20H20N2O4/c1-13-2-4-14(5-3-13)11-21-18(23)20(8-9-20)19(24)22-15-6-7-16-17(10-15)26-12-25-16/h2-7,10H,8-9,11-12H2,1H3,(H,21,23)(H,22,24). The Morgan fingerprint density at radius 1 is 1.00 bits per heavy atom. The highest BCUT2D eigenvalue weighted by molar-refractivity contribution is 6.13. The first-order chi connectivity index (χ1) is 12.6. The molecule has 0 radical (unpaired) electrons. The van der Waals surface area contributed by atoms with Crippen molar-refractivity contribution >= 4 is 17.5 Å². The summed E-state index contributed by atoms with van der Waals surface area (Å²) in [7, 11) is 0. The summed E-state index contributed by atoms with van der Waals surface area (Å²) < 4.78 is 10.6. The number of aryl methyl sites for hydroxylation is 1. The third-order valence-electron chi connectivity index (χ3n) is 4.82. The van der Waals surface area contributed by atoms with Gasteiger partial charge in [0.15, 0.2) is 11.5 Å². The number of fused-ring (bicyclic) bond motifs is 1. The van der Waals surface area contributed by atoms with E-state index in [1.165, 1.54) is 5.56 Å². The lowest BCUT2D eigenvalue weighted by molar-refractivity contribution is -0.134. The van der Waals surface area contributed by atoms with Crippen molar-refractivity contribution in [3.63, 3.8) is 0 Å². The van der Waals surface area contributed by atoms with E-state index in [4.69, 9.17) is 9.47 Å². The summed E-state index contributed by atoms with van der Waals surface area (Å²) in [6, 6.07) is 13.1. The molecule has 0 saturated heterocycles. The minimum atomic E-state index is -0.971. The van der Waals surface area contributed by atoms with Crippen molar-refractivity contribution in [2.45, 2.75) is 26.3 Å². The highest BCUT2D eigenvalue weighted by Crippen LogP contribution is 2.47. The molecule has 134 valence electrons. The van der Waals surface area contributed by atoms with Crippen molar-refractivity contribution in [2.75, 3.05) is 12.1 Å². The van der Waals surface area contributed by atoms with Gasteiger partial charge in [-0.05, 0) is 37.5 Å². The third kappa shape index (κ3) is 3.10. The maximum absolute atomic E-state index is 12.7. The van der Waals surface area contributed by atoms with Gasteiger partial charge in [-0.2, -0.15) is 0 Å². The number of hydrogen-bond acceptors (Lipinski definition) is 4. The van der Waals surface area contributed by atoms with E-state index in [0.29, 0.717) is 36.6 Å². The number of amides is 2. The van der Waals surface area contributed by atoms with Crippen LogP contribution in [0.4, 0.5) is 5.69 Å². The van der Waals surface area contributed by atoms with Crippen molar-refractivity contribution in [1.82, 2.24) is 5.32 Å². The van der Waals surface area contributed by atoms with Crippen LogP contribution in [-0.2, 0) is 16.1 Å². The molecular formula is C20H20N2O4. The predicted octanol–water partition coefficient (Wildman–Crippen LogP) is 2.76. The van der Waals surface area contributed by atoms with Crippen LogP contribution in [0.15, 0.2) is 42.5 Å². The van der Waals surface area contributed by atoms with Crippen LogP contribution in [0.25, 0.3) is 0 Å². The summed E-state index contributed by atoms with van der Waals surface area (Å²) in [6.45, 7) is 2.61. The largest absolute Gasteiger partial charge is 0.454 e. The minimum Gasteiger partial charge on any atom is -0.454 e. The van der Waals surface area contributed by atoms with Gasteiger partial charge in [-0.15, -0.1) is 0 Å². The molecule has 2 aromatic carbocycles. The Morgan fingerprint density at radius 2 is 1.73 bits per heavy atom.